The van der Waals surface area contributed by atoms with Gasteiger partial charge in [0.2, 0.25) is 0 Å². The van der Waals surface area contributed by atoms with Gasteiger partial charge in [-0.1, -0.05) is 11.6 Å². The first kappa shape index (κ1) is 9.85. The molecular weight excluding hydrogens is 220 g/mol. The Morgan fingerprint density at radius 1 is 1.67 bits per heavy atom. The van der Waals surface area contributed by atoms with E-state index in [1.54, 1.807) is 6.20 Å². The van der Waals surface area contributed by atoms with E-state index in [9.17, 15) is 4.79 Å². The zero-order valence-electron chi connectivity index (χ0n) is 7.75. The Hall–Kier alpha value is -1.69. The number of hydrogen-bond donors (Lipinski definition) is 1. The van der Waals surface area contributed by atoms with Crippen LogP contribution in [0.3, 0.4) is 0 Å². The van der Waals surface area contributed by atoms with Gasteiger partial charge in [0.05, 0.1) is 17.8 Å². The summed E-state index contributed by atoms with van der Waals surface area (Å²) in [6.45, 7) is 1.52. The quantitative estimate of drug-likeness (QED) is 0.825. The van der Waals surface area contributed by atoms with Crippen LogP contribution in [-0.2, 0) is 4.79 Å². The molecule has 6 nitrogen and oxygen atoms in total. The fourth-order valence-corrected chi connectivity index (χ4v) is 1.53. The van der Waals surface area contributed by atoms with Gasteiger partial charge in [0.15, 0.2) is 0 Å². The Morgan fingerprint density at radius 3 is 3.00 bits per heavy atom. The van der Waals surface area contributed by atoms with Crippen molar-refractivity contribution in [2.24, 2.45) is 0 Å². The number of nitrogens with zero attached hydrogens (tertiary/aromatic N) is 4. The molecule has 7 heteroatoms. The van der Waals surface area contributed by atoms with Crippen LogP contribution in [0.5, 0.6) is 0 Å². The number of halogens is 1. The lowest BCUT2D eigenvalue weighted by Crippen LogP contribution is -2.08. The maximum Gasteiger partial charge on any atom is 0.312 e. The highest BCUT2D eigenvalue weighted by Gasteiger charge is 2.22. The summed E-state index contributed by atoms with van der Waals surface area (Å²) in [4.78, 5) is 14.8. The first-order valence-corrected chi connectivity index (χ1v) is 4.57. The number of imidazole rings is 1. The summed E-state index contributed by atoms with van der Waals surface area (Å²) >= 11 is 5.97. The van der Waals surface area contributed by atoms with Crippen molar-refractivity contribution in [2.75, 3.05) is 0 Å². The first-order chi connectivity index (χ1) is 7.11. The third-order valence-electron chi connectivity index (χ3n) is 2.07. The zero-order chi connectivity index (χ0) is 11.0. The van der Waals surface area contributed by atoms with E-state index >= 15 is 0 Å². The molecule has 1 unspecified atom stereocenters. The summed E-state index contributed by atoms with van der Waals surface area (Å²) in [5.74, 6) is -1.45. The Balaban J connectivity index is 2.63. The van der Waals surface area contributed by atoms with Gasteiger partial charge in [-0.05, 0) is 6.92 Å². The third-order valence-corrected chi connectivity index (χ3v) is 2.44. The number of carbonyl (C=O) groups is 1. The Morgan fingerprint density at radius 2 is 2.40 bits per heavy atom. The minimum atomic E-state index is -0.978. The molecule has 2 aromatic rings. The smallest absolute Gasteiger partial charge is 0.312 e. The van der Waals surface area contributed by atoms with E-state index in [0.717, 1.165) is 0 Å². The van der Waals surface area contributed by atoms with Gasteiger partial charge in [-0.15, -0.1) is 5.10 Å². The minimum Gasteiger partial charge on any atom is -0.481 e. The topological polar surface area (TPSA) is 80.4 Å². The molecule has 0 aromatic carbocycles. The van der Waals surface area contributed by atoms with Gasteiger partial charge in [0.1, 0.15) is 5.15 Å². The number of aromatic nitrogens is 4. The Bertz CT molecular complexity index is 524. The summed E-state index contributed by atoms with van der Waals surface area (Å²) < 4.78 is 1.49. The number of rotatable bonds is 2. The molecule has 0 amide bonds. The molecule has 0 saturated heterocycles. The summed E-state index contributed by atoms with van der Waals surface area (Å²) in [5.41, 5.74) is 0.296. The predicted molar refractivity (Wildman–Crippen MR) is 51.8 cm³/mol. The van der Waals surface area contributed by atoms with Crippen molar-refractivity contribution in [1.82, 2.24) is 19.6 Å². The van der Waals surface area contributed by atoms with Crippen molar-refractivity contribution in [3.8, 4) is 0 Å². The third kappa shape index (κ3) is 1.52. The monoisotopic (exact) mass is 226 g/mol. The molecule has 0 aliphatic heterocycles. The number of hydrogen-bond acceptors (Lipinski definition) is 4. The summed E-state index contributed by atoms with van der Waals surface area (Å²) in [7, 11) is 0. The first-order valence-electron chi connectivity index (χ1n) is 4.19. The molecule has 1 atom stereocenters. The van der Waals surface area contributed by atoms with E-state index in [1.165, 1.54) is 17.5 Å². The lowest BCUT2D eigenvalue weighted by molar-refractivity contribution is -0.138. The van der Waals surface area contributed by atoms with E-state index in [-0.39, 0.29) is 5.15 Å². The van der Waals surface area contributed by atoms with Crippen LogP contribution in [0.1, 0.15) is 18.5 Å². The highest BCUT2D eigenvalue weighted by Crippen LogP contribution is 2.24. The second kappa shape index (κ2) is 3.47. The molecule has 78 valence electrons. The lowest BCUT2D eigenvalue weighted by atomic mass is 10.1. The fourth-order valence-electron chi connectivity index (χ4n) is 1.20. The molecule has 0 aliphatic rings. The molecule has 1 N–H and O–H groups in total. The normalized spacial score (nSPS) is 12.9. The van der Waals surface area contributed by atoms with Crippen LogP contribution < -0.4 is 0 Å². The molecule has 0 saturated carbocycles. The van der Waals surface area contributed by atoms with Gasteiger partial charge in [-0.3, -0.25) is 9.20 Å². The van der Waals surface area contributed by atoms with E-state index < -0.39 is 11.9 Å². The van der Waals surface area contributed by atoms with Gasteiger partial charge in [-0.2, -0.15) is 5.10 Å². The van der Waals surface area contributed by atoms with Crippen LogP contribution in [0.4, 0.5) is 0 Å². The van der Waals surface area contributed by atoms with Gasteiger partial charge in [0, 0.05) is 6.20 Å². The number of fused-ring (bicyclic) bond motifs is 1. The molecular formula is C8H7ClN4O2. The molecule has 0 aliphatic carbocycles. The van der Waals surface area contributed by atoms with Crippen molar-refractivity contribution < 1.29 is 9.90 Å². The number of aliphatic carboxylic acids is 1. The van der Waals surface area contributed by atoms with Gasteiger partial charge in [0.25, 0.3) is 5.78 Å². The highest BCUT2D eigenvalue weighted by molar-refractivity contribution is 6.30. The lowest BCUT2D eigenvalue weighted by Gasteiger charge is -2.01. The summed E-state index contributed by atoms with van der Waals surface area (Å²) in [6, 6.07) is 0. The van der Waals surface area contributed by atoms with Gasteiger partial charge in [-0.25, -0.2) is 4.98 Å². The van der Waals surface area contributed by atoms with Gasteiger partial charge < -0.3 is 5.11 Å². The highest BCUT2D eigenvalue weighted by atomic mass is 35.5. The molecule has 2 rings (SSSR count). The fraction of sp³-hybridized carbons (Fsp3) is 0.250. The maximum atomic E-state index is 10.8. The van der Waals surface area contributed by atoms with Gasteiger partial charge >= 0.3 is 5.97 Å². The van der Waals surface area contributed by atoms with Crippen molar-refractivity contribution in [1.29, 1.82) is 0 Å². The number of carboxylic acid groups (broad SMARTS) is 1. The van der Waals surface area contributed by atoms with Crippen molar-refractivity contribution in [2.45, 2.75) is 12.8 Å². The Kier molecular flexibility index (Phi) is 2.28. The molecule has 2 aromatic heterocycles. The van der Waals surface area contributed by atoms with Crippen LogP contribution in [-0.4, -0.2) is 30.7 Å². The second-order valence-electron chi connectivity index (χ2n) is 3.03. The average Bonchev–Trinajstić information content (AvgIpc) is 2.56. The standard InChI is InChI=1S/C8H7ClN4O2/c1-4(7(14)15)5-6(9)13-3-2-10-12-8(13)11-5/h2-4H,1H3,(H,14,15). The molecule has 0 fully saturated rings. The molecule has 15 heavy (non-hydrogen) atoms. The van der Waals surface area contributed by atoms with Crippen LogP contribution in [0, 0.1) is 0 Å². The summed E-state index contributed by atoms with van der Waals surface area (Å²) in [6.07, 6.45) is 3.03. The largest absolute Gasteiger partial charge is 0.481 e. The van der Waals surface area contributed by atoms with Crippen molar-refractivity contribution in [3.63, 3.8) is 0 Å². The second-order valence-corrected chi connectivity index (χ2v) is 3.39. The molecule has 0 spiro atoms. The van der Waals surface area contributed by atoms with E-state index in [2.05, 4.69) is 15.2 Å². The zero-order valence-corrected chi connectivity index (χ0v) is 8.51. The molecule has 0 bridgehead atoms. The Labute approximate surface area is 89.5 Å². The minimum absolute atomic E-state index is 0.259. The predicted octanol–water partition coefficient (Wildman–Crippen LogP) is 0.966. The maximum absolute atomic E-state index is 10.8. The SMILES string of the molecule is CC(C(=O)O)c1nc2nnccn2c1Cl. The molecule has 2 heterocycles. The van der Waals surface area contributed by atoms with Crippen LogP contribution >= 0.6 is 11.6 Å². The van der Waals surface area contributed by atoms with E-state index in [0.29, 0.717) is 11.5 Å². The van der Waals surface area contributed by atoms with E-state index in [4.69, 9.17) is 16.7 Å². The van der Waals surface area contributed by atoms with E-state index in [1.807, 2.05) is 0 Å². The van der Waals surface area contributed by atoms with Crippen LogP contribution in [0.25, 0.3) is 5.78 Å². The van der Waals surface area contributed by atoms with Crippen LogP contribution in [0.2, 0.25) is 5.15 Å². The average molecular weight is 227 g/mol. The van der Waals surface area contributed by atoms with Crippen molar-refractivity contribution >= 4 is 23.3 Å². The summed E-state index contributed by atoms with van der Waals surface area (Å²) in [5, 5.41) is 16.5. The molecule has 0 radical (unpaired) electrons. The van der Waals surface area contributed by atoms with Crippen molar-refractivity contribution in [3.05, 3.63) is 23.2 Å². The van der Waals surface area contributed by atoms with Crippen LogP contribution in [0.15, 0.2) is 12.4 Å². The number of carboxylic acids is 1.